The van der Waals surface area contributed by atoms with Gasteiger partial charge in [-0.2, -0.15) is 5.26 Å². The number of dihydropyridines is 1. The Morgan fingerprint density at radius 3 is 2.73 bits per heavy atom. The maximum absolute atomic E-state index is 13.2. The molecule has 11 heteroatoms. The molecule has 0 bridgehead atoms. The van der Waals surface area contributed by atoms with Gasteiger partial charge in [0.15, 0.2) is 16.6 Å². The lowest BCUT2D eigenvalue weighted by atomic mass is 9.82. The Bertz CT molecular complexity index is 1510. The third-order valence-electron chi connectivity index (χ3n) is 5.98. The molecule has 1 aliphatic heterocycles. The van der Waals surface area contributed by atoms with E-state index < -0.39 is 11.9 Å². The van der Waals surface area contributed by atoms with Crippen molar-refractivity contribution in [2.75, 3.05) is 24.8 Å². The van der Waals surface area contributed by atoms with E-state index in [9.17, 15) is 14.9 Å². The molecule has 210 valence electrons. The van der Waals surface area contributed by atoms with Gasteiger partial charge >= 0.3 is 5.97 Å². The number of carbonyl (C=O) groups is 2. The predicted molar refractivity (Wildman–Crippen MR) is 159 cm³/mol. The zero-order chi connectivity index (χ0) is 29.2. The fraction of sp³-hybridized carbons (Fsp3) is 0.200. The molecule has 9 nitrogen and oxygen atoms in total. The van der Waals surface area contributed by atoms with E-state index in [1.165, 1.54) is 36.3 Å². The summed E-state index contributed by atoms with van der Waals surface area (Å²) in [7, 11) is 1.53. The smallest absolute Gasteiger partial charge is 0.337 e. The second-order valence-corrected chi connectivity index (χ2v) is 10.6. The topological polar surface area (TPSA) is 123 Å². The van der Waals surface area contributed by atoms with Crippen molar-refractivity contribution in [3.8, 4) is 17.6 Å². The maximum atomic E-state index is 13.2. The molecule has 4 rings (SSSR count). The summed E-state index contributed by atoms with van der Waals surface area (Å²) >= 11 is 2.48. The Labute approximate surface area is 246 Å². The summed E-state index contributed by atoms with van der Waals surface area (Å²) in [6, 6.07) is 17.3. The van der Waals surface area contributed by atoms with E-state index in [1.807, 2.05) is 30.3 Å². The number of carbonyl (C=O) groups excluding carboxylic acids is 2. The summed E-state index contributed by atoms with van der Waals surface area (Å²) in [5.74, 6) is -0.641. The van der Waals surface area contributed by atoms with Crippen molar-refractivity contribution in [3.63, 3.8) is 0 Å². The van der Waals surface area contributed by atoms with E-state index in [2.05, 4.69) is 28.3 Å². The predicted octanol–water partition coefficient (Wildman–Crippen LogP) is 5.53. The second kappa shape index (κ2) is 14.2. The van der Waals surface area contributed by atoms with Crippen molar-refractivity contribution < 1.29 is 23.8 Å². The number of rotatable bonds is 12. The highest BCUT2D eigenvalue weighted by molar-refractivity contribution is 8.03. The fourth-order valence-corrected chi connectivity index (χ4v) is 5.58. The van der Waals surface area contributed by atoms with E-state index in [1.54, 1.807) is 36.7 Å². The Balaban J connectivity index is 1.66. The molecular formula is C30H28N4O5S2. The lowest BCUT2D eigenvalue weighted by Crippen LogP contribution is -2.29. The third-order valence-corrected chi connectivity index (χ3v) is 7.69. The van der Waals surface area contributed by atoms with Crippen LogP contribution in [0.4, 0.5) is 5.13 Å². The first-order valence-corrected chi connectivity index (χ1v) is 14.4. The van der Waals surface area contributed by atoms with E-state index in [0.717, 1.165) is 5.56 Å². The molecule has 1 aromatic heterocycles. The van der Waals surface area contributed by atoms with Gasteiger partial charge in [-0.3, -0.25) is 4.79 Å². The zero-order valence-corrected chi connectivity index (χ0v) is 24.1. The molecule has 3 aromatic rings. The Morgan fingerprint density at radius 1 is 1.24 bits per heavy atom. The summed E-state index contributed by atoms with van der Waals surface area (Å²) in [5.41, 5.74) is 2.68. The first kappa shape index (κ1) is 29.5. The number of nitriles is 1. The van der Waals surface area contributed by atoms with E-state index in [4.69, 9.17) is 14.2 Å². The van der Waals surface area contributed by atoms with Crippen molar-refractivity contribution in [1.29, 1.82) is 5.26 Å². The summed E-state index contributed by atoms with van der Waals surface area (Å²) in [6.07, 6.45) is 3.08. The Hall–Kier alpha value is -4.53. The number of ether oxygens (including phenoxy) is 3. The Kier molecular flexibility index (Phi) is 10.2. The van der Waals surface area contributed by atoms with Gasteiger partial charge in [0.25, 0.3) is 0 Å². The van der Waals surface area contributed by atoms with Gasteiger partial charge in [0.05, 0.1) is 41.0 Å². The van der Waals surface area contributed by atoms with Crippen LogP contribution in [0.2, 0.25) is 0 Å². The minimum Gasteiger partial charge on any atom is -0.493 e. The van der Waals surface area contributed by atoms with Gasteiger partial charge in [-0.05, 0) is 30.2 Å². The number of hydrogen-bond acceptors (Lipinski definition) is 10. The van der Waals surface area contributed by atoms with Gasteiger partial charge in [-0.1, -0.05) is 60.8 Å². The molecule has 1 unspecified atom stereocenters. The molecule has 0 saturated heterocycles. The van der Waals surface area contributed by atoms with E-state index in [-0.39, 0.29) is 29.4 Å². The normalized spacial score (nSPS) is 14.5. The van der Waals surface area contributed by atoms with Gasteiger partial charge < -0.3 is 24.8 Å². The van der Waals surface area contributed by atoms with Crippen molar-refractivity contribution in [3.05, 3.63) is 106 Å². The van der Waals surface area contributed by atoms with Gasteiger partial charge in [0, 0.05) is 17.3 Å². The summed E-state index contributed by atoms with van der Waals surface area (Å²) in [5, 5.41) is 18.9. The quantitative estimate of drug-likeness (QED) is 0.208. The van der Waals surface area contributed by atoms with Crippen LogP contribution in [0, 0.1) is 11.3 Å². The molecule has 2 heterocycles. The van der Waals surface area contributed by atoms with Crippen LogP contribution in [0.1, 0.15) is 24.0 Å². The number of thioether (sulfide) groups is 1. The summed E-state index contributed by atoms with van der Waals surface area (Å²) in [6.45, 7) is 5.70. The van der Waals surface area contributed by atoms with Crippen molar-refractivity contribution in [1.82, 2.24) is 10.3 Å². The zero-order valence-electron chi connectivity index (χ0n) is 22.5. The lowest BCUT2D eigenvalue weighted by molar-refractivity contribution is -0.138. The number of benzene rings is 2. The number of nitrogens with one attached hydrogen (secondary N) is 2. The number of anilines is 1. The number of hydrogen-bond donors (Lipinski definition) is 2. The molecule has 1 amide bonds. The van der Waals surface area contributed by atoms with Gasteiger partial charge in [-0.25, -0.2) is 9.78 Å². The molecule has 0 aliphatic carbocycles. The summed E-state index contributed by atoms with van der Waals surface area (Å²) < 4.78 is 17.0. The standard InChI is InChI=1S/C30H28N4O5S2/c1-4-13-38-29(36)26-19(2)33-28(41-18-25(35)34-30-32-12-14-40-30)22(16-31)27(26)21-10-11-23(24(15-21)37-3)39-17-20-8-6-5-7-9-20/h4-12,14-15,27,33H,1,13,17-18H2,2-3H3,(H,32,34,35). The molecule has 0 fully saturated rings. The van der Waals surface area contributed by atoms with Gasteiger partial charge in [0.2, 0.25) is 5.91 Å². The average Bonchev–Trinajstić information content (AvgIpc) is 3.50. The van der Waals surface area contributed by atoms with E-state index >= 15 is 0 Å². The second-order valence-electron chi connectivity index (χ2n) is 8.70. The molecule has 0 spiro atoms. The number of nitrogens with zero attached hydrogens (tertiary/aromatic N) is 2. The molecule has 2 N–H and O–H groups in total. The van der Waals surface area contributed by atoms with Crippen LogP contribution in [0.3, 0.4) is 0 Å². The molecule has 2 aromatic carbocycles. The third kappa shape index (κ3) is 7.36. The number of esters is 1. The first-order chi connectivity index (χ1) is 19.9. The van der Waals surface area contributed by atoms with E-state index in [0.29, 0.717) is 39.5 Å². The SMILES string of the molecule is C=CCOC(=O)C1=C(C)NC(SCC(=O)Nc2nccs2)=C(C#N)C1c1ccc(OCc2ccccc2)c(OC)c1. The van der Waals surface area contributed by atoms with Crippen LogP contribution >= 0.6 is 23.1 Å². The lowest BCUT2D eigenvalue weighted by Gasteiger charge is -2.29. The monoisotopic (exact) mass is 588 g/mol. The number of methoxy groups -OCH3 is 1. The van der Waals surface area contributed by atoms with Crippen molar-refractivity contribution >= 4 is 40.1 Å². The van der Waals surface area contributed by atoms with Crippen LogP contribution in [-0.4, -0.2) is 36.3 Å². The number of thiazole rings is 1. The highest BCUT2D eigenvalue weighted by Gasteiger charge is 2.36. The maximum Gasteiger partial charge on any atom is 0.337 e. The van der Waals surface area contributed by atoms with Crippen molar-refractivity contribution in [2.24, 2.45) is 0 Å². The van der Waals surface area contributed by atoms with Crippen LogP contribution in [-0.2, 0) is 20.9 Å². The minimum atomic E-state index is -0.778. The molecule has 41 heavy (non-hydrogen) atoms. The van der Waals surface area contributed by atoms with Gasteiger partial charge in [-0.15, -0.1) is 11.3 Å². The van der Waals surface area contributed by atoms with Crippen LogP contribution in [0.15, 0.2) is 94.6 Å². The molecular weight excluding hydrogens is 560 g/mol. The van der Waals surface area contributed by atoms with Crippen LogP contribution < -0.4 is 20.1 Å². The number of allylic oxidation sites excluding steroid dienone is 2. The average molecular weight is 589 g/mol. The molecule has 1 atom stereocenters. The summed E-state index contributed by atoms with van der Waals surface area (Å²) in [4.78, 5) is 29.8. The molecule has 1 aliphatic rings. The number of aromatic nitrogens is 1. The fourth-order valence-electron chi connectivity index (χ4n) is 4.14. The largest absolute Gasteiger partial charge is 0.493 e. The minimum absolute atomic E-state index is 0.0159. The number of amides is 1. The van der Waals surface area contributed by atoms with Crippen LogP contribution in [0.25, 0.3) is 0 Å². The molecule has 0 radical (unpaired) electrons. The van der Waals surface area contributed by atoms with Crippen molar-refractivity contribution in [2.45, 2.75) is 19.4 Å². The molecule has 0 saturated carbocycles. The van der Waals surface area contributed by atoms with Crippen LogP contribution in [0.5, 0.6) is 11.5 Å². The Morgan fingerprint density at radius 2 is 2.05 bits per heavy atom. The highest BCUT2D eigenvalue weighted by Crippen LogP contribution is 2.43. The first-order valence-electron chi connectivity index (χ1n) is 12.5. The van der Waals surface area contributed by atoms with Gasteiger partial charge in [0.1, 0.15) is 13.2 Å². The highest BCUT2D eigenvalue weighted by atomic mass is 32.2.